The van der Waals surface area contributed by atoms with E-state index >= 15 is 0 Å². The third-order valence-electron chi connectivity index (χ3n) is 3.31. The molecule has 0 spiro atoms. The molecule has 0 aromatic heterocycles. The first-order valence-electron chi connectivity index (χ1n) is 6.39. The van der Waals surface area contributed by atoms with Crippen molar-refractivity contribution in [3.05, 3.63) is 33.3 Å². The lowest BCUT2D eigenvalue weighted by atomic mass is 10.2. The van der Waals surface area contributed by atoms with Crippen molar-refractivity contribution in [3.8, 4) is 0 Å². The van der Waals surface area contributed by atoms with Crippen molar-refractivity contribution >= 4 is 27.5 Å². The predicted octanol–water partition coefficient (Wildman–Crippen LogP) is 3.92. The number of rotatable bonds is 7. The maximum atomic E-state index is 5.98. The average Bonchev–Trinajstić information content (AvgIpc) is 2.37. The van der Waals surface area contributed by atoms with Crippen molar-refractivity contribution in [2.24, 2.45) is 0 Å². The van der Waals surface area contributed by atoms with Crippen LogP contribution in [-0.2, 0) is 6.54 Å². The smallest absolute Gasteiger partial charge is 0.0410 e. The summed E-state index contributed by atoms with van der Waals surface area (Å²) in [7, 11) is 2.17. The SMILES string of the molecule is CCC(C)N(C)CCNCc1cc(Cl)ccc1Br. The number of benzene rings is 1. The van der Waals surface area contributed by atoms with Gasteiger partial charge in [-0.3, -0.25) is 0 Å². The normalized spacial score (nSPS) is 13.0. The molecule has 102 valence electrons. The fourth-order valence-corrected chi connectivity index (χ4v) is 2.27. The molecule has 0 heterocycles. The van der Waals surface area contributed by atoms with Crippen LogP contribution in [0.2, 0.25) is 5.02 Å². The maximum absolute atomic E-state index is 5.98. The lowest BCUT2D eigenvalue weighted by molar-refractivity contribution is 0.251. The van der Waals surface area contributed by atoms with E-state index in [-0.39, 0.29) is 0 Å². The Hall–Kier alpha value is -0.0900. The van der Waals surface area contributed by atoms with Gasteiger partial charge in [0.25, 0.3) is 0 Å². The largest absolute Gasteiger partial charge is 0.311 e. The van der Waals surface area contributed by atoms with Gasteiger partial charge in [0, 0.05) is 35.2 Å². The lowest BCUT2D eigenvalue weighted by Crippen LogP contribution is -2.34. The van der Waals surface area contributed by atoms with Gasteiger partial charge in [0.15, 0.2) is 0 Å². The van der Waals surface area contributed by atoms with Crippen LogP contribution >= 0.6 is 27.5 Å². The molecule has 0 saturated heterocycles. The summed E-state index contributed by atoms with van der Waals surface area (Å²) in [6.07, 6.45) is 1.19. The van der Waals surface area contributed by atoms with Crippen molar-refractivity contribution in [1.82, 2.24) is 10.2 Å². The molecule has 0 radical (unpaired) electrons. The number of halogens is 2. The minimum Gasteiger partial charge on any atom is -0.311 e. The standard InChI is InChI=1S/C14H22BrClN2/c1-4-11(2)18(3)8-7-17-10-12-9-13(16)5-6-14(12)15/h5-6,9,11,17H,4,7-8,10H2,1-3H3. The first-order valence-corrected chi connectivity index (χ1v) is 7.56. The number of nitrogens with one attached hydrogen (secondary N) is 1. The van der Waals surface area contributed by atoms with Gasteiger partial charge in [0.1, 0.15) is 0 Å². The number of nitrogens with zero attached hydrogens (tertiary/aromatic N) is 1. The minimum atomic E-state index is 0.643. The molecule has 0 bridgehead atoms. The van der Waals surface area contributed by atoms with Crippen molar-refractivity contribution in [3.63, 3.8) is 0 Å². The quantitative estimate of drug-likeness (QED) is 0.761. The van der Waals surface area contributed by atoms with Gasteiger partial charge in [-0.1, -0.05) is 34.5 Å². The summed E-state index contributed by atoms with van der Waals surface area (Å²) in [4.78, 5) is 2.38. The molecule has 1 atom stereocenters. The monoisotopic (exact) mass is 332 g/mol. The van der Waals surface area contributed by atoms with Gasteiger partial charge < -0.3 is 10.2 Å². The Bertz CT molecular complexity index is 371. The lowest BCUT2D eigenvalue weighted by Gasteiger charge is -2.23. The summed E-state index contributed by atoms with van der Waals surface area (Å²) < 4.78 is 1.11. The molecule has 1 rings (SSSR count). The number of hydrogen-bond donors (Lipinski definition) is 1. The Morgan fingerprint density at radius 2 is 2.17 bits per heavy atom. The van der Waals surface area contributed by atoms with Crippen molar-refractivity contribution < 1.29 is 0 Å². The second-order valence-electron chi connectivity index (χ2n) is 4.65. The Morgan fingerprint density at radius 3 is 2.83 bits per heavy atom. The van der Waals surface area contributed by atoms with Crippen LogP contribution in [-0.4, -0.2) is 31.1 Å². The summed E-state index contributed by atoms with van der Waals surface area (Å²) >= 11 is 9.52. The van der Waals surface area contributed by atoms with Crippen LogP contribution in [0, 0.1) is 0 Å². The van der Waals surface area contributed by atoms with Crippen LogP contribution in [0.5, 0.6) is 0 Å². The number of hydrogen-bond acceptors (Lipinski definition) is 2. The van der Waals surface area contributed by atoms with E-state index in [4.69, 9.17) is 11.6 Å². The van der Waals surface area contributed by atoms with E-state index in [0.717, 1.165) is 29.1 Å². The fourth-order valence-electron chi connectivity index (χ4n) is 1.69. The molecule has 1 aromatic rings. The van der Waals surface area contributed by atoms with E-state index in [0.29, 0.717) is 6.04 Å². The molecule has 0 aliphatic carbocycles. The predicted molar refractivity (Wildman–Crippen MR) is 83.2 cm³/mol. The Kier molecular flexibility index (Phi) is 7.23. The van der Waals surface area contributed by atoms with E-state index in [1.54, 1.807) is 0 Å². The highest BCUT2D eigenvalue weighted by Crippen LogP contribution is 2.20. The summed E-state index contributed by atoms with van der Waals surface area (Å²) in [5.74, 6) is 0. The van der Waals surface area contributed by atoms with Crippen LogP contribution in [0.4, 0.5) is 0 Å². The van der Waals surface area contributed by atoms with E-state index in [9.17, 15) is 0 Å². The summed E-state index contributed by atoms with van der Waals surface area (Å²) in [5.41, 5.74) is 1.20. The zero-order valence-corrected chi connectivity index (χ0v) is 13.7. The molecule has 1 aromatic carbocycles. The average molecular weight is 334 g/mol. The zero-order valence-electron chi connectivity index (χ0n) is 11.3. The van der Waals surface area contributed by atoms with E-state index in [2.05, 4.69) is 47.0 Å². The molecule has 0 saturated carbocycles. The maximum Gasteiger partial charge on any atom is 0.0410 e. The molecule has 0 aliphatic rings. The molecule has 0 aliphatic heterocycles. The molecule has 2 nitrogen and oxygen atoms in total. The Balaban J connectivity index is 2.31. The molecule has 1 unspecified atom stereocenters. The molecule has 18 heavy (non-hydrogen) atoms. The topological polar surface area (TPSA) is 15.3 Å². The van der Waals surface area contributed by atoms with E-state index in [1.807, 2.05) is 18.2 Å². The third-order valence-corrected chi connectivity index (χ3v) is 4.32. The van der Waals surface area contributed by atoms with Gasteiger partial charge in [0.05, 0.1) is 0 Å². The Morgan fingerprint density at radius 1 is 1.44 bits per heavy atom. The molecule has 0 amide bonds. The summed E-state index contributed by atoms with van der Waals surface area (Å²) in [6, 6.07) is 6.53. The van der Waals surface area contributed by atoms with Gasteiger partial charge in [-0.15, -0.1) is 0 Å². The summed E-state index contributed by atoms with van der Waals surface area (Å²) in [6.45, 7) is 7.37. The first kappa shape index (κ1) is 16.0. The van der Waals surface area contributed by atoms with Gasteiger partial charge in [-0.2, -0.15) is 0 Å². The van der Waals surface area contributed by atoms with Gasteiger partial charge >= 0.3 is 0 Å². The molecular formula is C14H22BrClN2. The van der Waals surface area contributed by atoms with Crippen LogP contribution in [0.25, 0.3) is 0 Å². The second kappa shape index (κ2) is 8.16. The van der Waals surface area contributed by atoms with Crippen LogP contribution < -0.4 is 5.32 Å². The molecule has 1 N–H and O–H groups in total. The fraction of sp³-hybridized carbons (Fsp3) is 0.571. The Labute approximate surface area is 124 Å². The van der Waals surface area contributed by atoms with E-state index in [1.165, 1.54) is 12.0 Å². The first-order chi connectivity index (χ1) is 8.54. The van der Waals surface area contributed by atoms with Gasteiger partial charge in [0.2, 0.25) is 0 Å². The van der Waals surface area contributed by atoms with Gasteiger partial charge in [-0.05, 0) is 44.2 Å². The highest BCUT2D eigenvalue weighted by Gasteiger charge is 2.06. The molecule has 4 heteroatoms. The highest BCUT2D eigenvalue weighted by atomic mass is 79.9. The van der Waals surface area contributed by atoms with Crippen molar-refractivity contribution in [1.29, 1.82) is 0 Å². The van der Waals surface area contributed by atoms with Crippen LogP contribution in [0.1, 0.15) is 25.8 Å². The van der Waals surface area contributed by atoms with Crippen molar-refractivity contribution in [2.75, 3.05) is 20.1 Å². The van der Waals surface area contributed by atoms with Crippen molar-refractivity contribution in [2.45, 2.75) is 32.9 Å². The third kappa shape index (κ3) is 5.27. The van der Waals surface area contributed by atoms with Crippen LogP contribution in [0.15, 0.2) is 22.7 Å². The zero-order chi connectivity index (χ0) is 13.5. The summed E-state index contributed by atoms with van der Waals surface area (Å²) in [5, 5.41) is 4.23. The van der Waals surface area contributed by atoms with Crippen LogP contribution in [0.3, 0.4) is 0 Å². The molecular weight excluding hydrogens is 312 g/mol. The molecule has 0 fully saturated rings. The minimum absolute atomic E-state index is 0.643. The second-order valence-corrected chi connectivity index (χ2v) is 5.94. The van der Waals surface area contributed by atoms with E-state index < -0.39 is 0 Å². The highest BCUT2D eigenvalue weighted by molar-refractivity contribution is 9.10. The number of likely N-dealkylation sites (N-methyl/N-ethyl adjacent to an activating group) is 1. The van der Waals surface area contributed by atoms with Gasteiger partial charge in [-0.25, -0.2) is 0 Å².